The lowest BCUT2D eigenvalue weighted by Crippen LogP contribution is -2.27. The number of hydrogen-bond donors (Lipinski definition) is 2. The Hall–Kier alpha value is -1.03. The summed E-state index contributed by atoms with van der Waals surface area (Å²) in [5.74, 6) is 1.08. The molecule has 2 N–H and O–H groups in total. The van der Waals surface area contributed by atoms with Gasteiger partial charge < -0.3 is 5.11 Å². The van der Waals surface area contributed by atoms with Crippen molar-refractivity contribution in [1.29, 1.82) is 0 Å². The first kappa shape index (κ1) is 14.4. The number of benzene rings is 1. The van der Waals surface area contributed by atoms with E-state index < -0.39 is 10.2 Å². The third-order valence-electron chi connectivity index (χ3n) is 3.53. The van der Waals surface area contributed by atoms with Gasteiger partial charge in [-0.05, 0) is 41.0 Å². The Balaban J connectivity index is 2.21. The molecule has 0 aliphatic carbocycles. The first-order valence-electron chi connectivity index (χ1n) is 6.69. The van der Waals surface area contributed by atoms with Crippen molar-refractivity contribution in [3.8, 4) is 0 Å². The van der Waals surface area contributed by atoms with E-state index in [2.05, 4.69) is 59.7 Å². The highest BCUT2D eigenvalue weighted by molar-refractivity contribution is 8.37. The Labute approximate surface area is 117 Å². The zero-order valence-corrected chi connectivity index (χ0v) is 12.7. The van der Waals surface area contributed by atoms with Gasteiger partial charge in [0.1, 0.15) is 0 Å². The number of hydrogen-bond acceptors (Lipinski definition) is 2. The van der Waals surface area contributed by atoms with Gasteiger partial charge in [0.15, 0.2) is 0 Å². The van der Waals surface area contributed by atoms with E-state index >= 15 is 0 Å². The van der Waals surface area contributed by atoms with Crippen LogP contribution in [0.2, 0.25) is 0 Å². The van der Waals surface area contributed by atoms with Gasteiger partial charge in [0.2, 0.25) is 0 Å². The van der Waals surface area contributed by atoms with E-state index in [0.29, 0.717) is 5.92 Å². The Kier molecular flexibility index (Phi) is 4.50. The molecule has 2 atom stereocenters. The second-order valence-electron chi connectivity index (χ2n) is 5.27. The topological polar surface area (TPSA) is 32.3 Å². The third kappa shape index (κ3) is 3.30. The van der Waals surface area contributed by atoms with Crippen molar-refractivity contribution < 1.29 is 5.11 Å². The summed E-state index contributed by atoms with van der Waals surface area (Å²) in [6.07, 6.45) is 1.91. The molecule has 1 aromatic carbocycles. The molecule has 1 heterocycles. The molecule has 0 fully saturated rings. The van der Waals surface area contributed by atoms with Crippen LogP contribution < -0.4 is 4.72 Å². The number of nitrogens with one attached hydrogen (secondary N) is 1. The maximum atomic E-state index is 10.2. The van der Waals surface area contributed by atoms with Gasteiger partial charge in [-0.25, -0.2) is 0 Å². The van der Waals surface area contributed by atoms with Crippen molar-refractivity contribution in [1.82, 2.24) is 4.72 Å². The summed E-state index contributed by atoms with van der Waals surface area (Å²) in [5, 5.41) is 14.7. The Morgan fingerprint density at radius 3 is 2.47 bits per heavy atom. The van der Waals surface area contributed by atoms with Crippen molar-refractivity contribution in [2.75, 3.05) is 12.8 Å². The summed E-state index contributed by atoms with van der Waals surface area (Å²) in [7, 11) is 0.800. The predicted molar refractivity (Wildman–Crippen MR) is 85.9 cm³/mol. The van der Waals surface area contributed by atoms with Gasteiger partial charge in [-0.15, -0.1) is 10.2 Å². The van der Waals surface area contributed by atoms with Crippen LogP contribution in [0.3, 0.4) is 0 Å². The first-order valence-corrected chi connectivity index (χ1v) is 8.62. The van der Waals surface area contributed by atoms with E-state index in [0.717, 1.165) is 5.75 Å². The minimum Gasteiger partial charge on any atom is -0.392 e. The van der Waals surface area contributed by atoms with Gasteiger partial charge >= 0.3 is 0 Å². The predicted octanol–water partition coefficient (Wildman–Crippen LogP) is 3.51. The Morgan fingerprint density at radius 2 is 1.89 bits per heavy atom. The largest absolute Gasteiger partial charge is 0.392 e. The van der Waals surface area contributed by atoms with E-state index in [1.807, 2.05) is 13.1 Å². The van der Waals surface area contributed by atoms with E-state index in [1.54, 1.807) is 0 Å². The SMILES string of the molecule is CNS1(CC(O)C(C)C)C=CC(c2ccccc2)=C1. The van der Waals surface area contributed by atoms with Gasteiger partial charge in [-0.2, -0.15) is 0 Å². The van der Waals surface area contributed by atoms with Crippen LogP contribution in [0.1, 0.15) is 19.4 Å². The van der Waals surface area contributed by atoms with Gasteiger partial charge in [-0.3, -0.25) is 4.72 Å². The standard InChI is InChI=1S/C16H23NOS/c1-13(2)16(18)12-19(17-3)10-9-15(11-19)14-7-5-4-6-8-14/h4-11,13,16-18H,12H2,1-3H3. The molecule has 1 aliphatic heterocycles. The number of allylic oxidation sites excluding steroid dienone is 2. The highest BCUT2D eigenvalue weighted by atomic mass is 32.3. The van der Waals surface area contributed by atoms with E-state index in [1.165, 1.54) is 11.1 Å². The van der Waals surface area contributed by atoms with Crippen LogP contribution in [0.5, 0.6) is 0 Å². The van der Waals surface area contributed by atoms with Crippen LogP contribution in [0, 0.1) is 5.92 Å². The molecule has 2 nitrogen and oxygen atoms in total. The van der Waals surface area contributed by atoms with Crippen LogP contribution in [0.15, 0.2) is 47.2 Å². The molecule has 19 heavy (non-hydrogen) atoms. The van der Waals surface area contributed by atoms with E-state index in [4.69, 9.17) is 0 Å². The molecule has 1 aromatic rings. The lowest BCUT2D eigenvalue weighted by atomic mass is 10.1. The smallest absolute Gasteiger partial charge is 0.0656 e. The van der Waals surface area contributed by atoms with Crippen molar-refractivity contribution in [3.63, 3.8) is 0 Å². The molecule has 0 spiro atoms. The quantitative estimate of drug-likeness (QED) is 0.863. The van der Waals surface area contributed by atoms with E-state index in [-0.39, 0.29) is 6.10 Å². The van der Waals surface area contributed by atoms with Crippen LogP contribution in [0.4, 0.5) is 0 Å². The third-order valence-corrected chi connectivity index (χ3v) is 6.48. The first-order chi connectivity index (χ1) is 9.06. The molecule has 0 bridgehead atoms. The zero-order valence-electron chi connectivity index (χ0n) is 11.8. The number of rotatable bonds is 5. The molecule has 2 rings (SSSR count). The average molecular weight is 277 g/mol. The van der Waals surface area contributed by atoms with Crippen molar-refractivity contribution >= 4 is 15.8 Å². The maximum Gasteiger partial charge on any atom is 0.0656 e. The highest BCUT2D eigenvalue weighted by Crippen LogP contribution is 2.54. The summed E-state index contributed by atoms with van der Waals surface area (Å²) >= 11 is 0. The van der Waals surface area contributed by atoms with Gasteiger partial charge in [0.05, 0.1) is 6.10 Å². The minimum atomic E-state index is -1.18. The van der Waals surface area contributed by atoms with Crippen LogP contribution in [0.25, 0.3) is 5.57 Å². The molecule has 3 heteroatoms. The fraction of sp³-hybridized carbons (Fsp3) is 0.375. The molecule has 104 valence electrons. The molecule has 0 saturated heterocycles. The van der Waals surface area contributed by atoms with Crippen molar-refractivity contribution in [2.45, 2.75) is 20.0 Å². The molecule has 1 aliphatic rings. The number of aliphatic hydroxyl groups excluding tert-OH is 1. The molecular formula is C16H23NOS. The number of aliphatic hydroxyl groups is 1. The highest BCUT2D eigenvalue weighted by Gasteiger charge is 2.26. The maximum absolute atomic E-state index is 10.2. The average Bonchev–Trinajstić information content (AvgIpc) is 2.84. The van der Waals surface area contributed by atoms with Crippen LogP contribution in [-0.4, -0.2) is 24.0 Å². The van der Waals surface area contributed by atoms with Crippen molar-refractivity contribution in [2.24, 2.45) is 5.92 Å². The Morgan fingerprint density at radius 1 is 1.21 bits per heavy atom. The van der Waals surface area contributed by atoms with Crippen LogP contribution >= 0.6 is 10.2 Å². The second kappa shape index (κ2) is 5.95. The van der Waals surface area contributed by atoms with Gasteiger partial charge in [-0.1, -0.05) is 44.2 Å². The summed E-state index contributed by atoms with van der Waals surface area (Å²) in [6.45, 7) is 4.13. The lowest BCUT2D eigenvalue weighted by Gasteiger charge is -2.34. The monoisotopic (exact) mass is 277 g/mol. The van der Waals surface area contributed by atoms with Crippen molar-refractivity contribution in [3.05, 3.63) is 52.8 Å². The summed E-state index contributed by atoms with van der Waals surface area (Å²) in [5.41, 5.74) is 2.49. The molecule has 2 unspecified atom stereocenters. The summed E-state index contributed by atoms with van der Waals surface area (Å²) in [6, 6.07) is 10.4. The fourth-order valence-corrected chi connectivity index (χ4v) is 4.80. The summed E-state index contributed by atoms with van der Waals surface area (Å²) in [4.78, 5) is 0. The molecular weight excluding hydrogens is 254 g/mol. The normalized spacial score (nSPS) is 27.1. The second-order valence-corrected chi connectivity index (χ2v) is 8.22. The minimum absolute atomic E-state index is 0.265. The Bertz CT molecular complexity index is 481. The van der Waals surface area contributed by atoms with Gasteiger partial charge in [0.25, 0.3) is 0 Å². The van der Waals surface area contributed by atoms with Gasteiger partial charge in [0, 0.05) is 5.75 Å². The molecule has 0 radical (unpaired) electrons. The van der Waals surface area contributed by atoms with E-state index in [9.17, 15) is 5.11 Å². The summed E-state index contributed by atoms with van der Waals surface area (Å²) < 4.78 is 3.42. The zero-order chi connectivity index (χ0) is 13.9. The van der Waals surface area contributed by atoms with Crippen LogP contribution in [-0.2, 0) is 0 Å². The molecule has 0 saturated carbocycles. The lowest BCUT2D eigenvalue weighted by molar-refractivity contribution is 0.148. The molecule has 0 amide bonds. The fourth-order valence-electron chi connectivity index (χ4n) is 2.08. The molecule has 0 aromatic heterocycles.